The van der Waals surface area contributed by atoms with Gasteiger partial charge in [0.05, 0.1) is 25.1 Å². The lowest BCUT2D eigenvalue weighted by Gasteiger charge is -2.14. The minimum absolute atomic E-state index is 0.0654. The standard InChI is InChI=1S/C14H9Cl5FN/c15-10-9(11(16)13(18)14(19)12(10)17)7-3-6(1-2-21)4-8(20)5-7/h3-5H,1-2,21H2. The Balaban J connectivity index is 2.73. The minimum Gasteiger partial charge on any atom is -0.330 e. The molecule has 0 heterocycles. The van der Waals surface area contributed by atoms with Gasteiger partial charge in [-0.3, -0.25) is 0 Å². The van der Waals surface area contributed by atoms with Crippen molar-refractivity contribution in [2.24, 2.45) is 5.73 Å². The van der Waals surface area contributed by atoms with E-state index in [-0.39, 0.29) is 25.1 Å². The van der Waals surface area contributed by atoms with Crippen LogP contribution in [0, 0.1) is 5.82 Å². The van der Waals surface area contributed by atoms with Crippen LogP contribution in [0.5, 0.6) is 0 Å². The highest BCUT2D eigenvalue weighted by Crippen LogP contribution is 2.48. The molecule has 7 heteroatoms. The molecule has 0 amide bonds. The Morgan fingerprint density at radius 2 is 1.33 bits per heavy atom. The number of hydrogen-bond donors (Lipinski definition) is 1. The molecule has 0 atom stereocenters. The fourth-order valence-corrected chi connectivity index (χ4v) is 3.32. The quantitative estimate of drug-likeness (QED) is 0.488. The van der Waals surface area contributed by atoms with Crippen LogP contribution < -0.4 is 5.73 Å². The average molecular weight is 387 g/mol. The number of halogens is 6. The van der Waals surface area contributed by atoms with E-state index in [0.29, 0.717) is 24.1 Å². The highest BCUT2D eigenvalue weighted by molar-refractivity contribution is 6.56. The molecule has 2 aromatic carbocycles. The Labute approximate surface area is 146 Å². The van der Waals surface area contributed by atoms with E-state index in [9.17, 15) is 4.39 Å². The van der Waals surface area contributed by atoms with E-state index < -0.39 is 5.82 Å². The molecule has 0 unspecified atom stereocenters. The first-order chi connectivity index (χ1) is 9.86. The average Bonchev–Trinajstić information content (AvgIpc) is 2.43. The Morgan fingerprint density at radius 1 is 0.810 bits per heavy atom. The molecule has 112 valence electrons. The summed E-state index contributed by atoms with van der Waals surface area (Å²) in [6.45, 7) is 0.395. The molecule has 2 rings (SSSR count). The van der Waals surface area contributed by atoms with Gasteiger partial charge in [-0.25, -0.2) is 4.39 Å². The van der Waals surface area contributed by atoms with Crippen LogP contribution >= 0.6 is 58.0 Å². The molecule has 0 saturated heterocycles. The first-order valence-corrected chi connectivity index (χ1v) is 7.77. The highest BCUT2D eigenvalue weighted by atomic mass is 35.5. The summed E-state index contributed by atoms with van der Waals surface area (Å²) in [6, 6.07) is 4.44. The highest BCUT2D eigenvalue weighted by Gasteiger charge is 2.21. The molecule has 0 aliphatic heterocycles. The molecule has 0 fully saturated rings. The number of rotatable bonds is 3. The molecule has 21 heavy (non-hydrogen) atoms. The van der Waals surface area contributed by atoms with E-state index in [0.717, 1.165) is 5.56 Å². The number of benzene rings is 2. The van der Waals surface area contributed by atoms with E-state index >= 15 is 0 Å². The van der Waals surface area contributed by atoms with E-state index in [1.54, 1.807) is 6.07 Å². The van der Waals surface area contributed by atoms with Crippen molar-refractivity contribution in [3.05, 3.63) is 54.7 Å². The van der Waals surface area contributed by atoms with Gasteiger partial charge >= 0.3 is 0 Å². The summed E-state index contributed by atoms with van der Waals surface area (Å²) < 4.78 is 13.8. The van der Waals surface area contributed by atoms with Gasteiger partial charge in [0.2, 0.25) is 0 Å². The second kappa shape index (κ2) is 6.91. The third kappa shape index (κ3) is 3.42. The van der Waals surface area contributed by atoms with Crippen molar-refractivity contribution in [1.29, 1.82) is 0 Å². The monoisotopic (exact) mass is 385 g/mol. The van der Waals surface area contributed by atoms with Crippen LogP contribution in [0.25, 0.3) is 11.1 Å². The summed E-state index contributed by atoms with van der Waals surface area (Å²) in [5, 5.41) is 0.469. The molecule has 0 saturated carbocycles. The topological polar surface area (TPSA) is 26.0 Å². The molecule has 0 spiro atoms. The number of hydrogen-bond acceptors (Lipinski definition) is 1. The Hall–Kier alpha value is -0.220. The second-order valence-corrected chi connectivity index (χ2v) is 6.22. The van der Waals surface area contributed by atoms with Gasteiger partial charge in [0, 0.05) is 5.56 Å². The van der Waals surface area contributed by atoms with Crippen LogP contribution in [0.15, 0.2) is 18.2 Å². The molecular weight excluding hydrogens is 378 g/mol. The van der Waals surface area contributed by atoms with Crippen molar-refractivity contribution in [3.8, 4) is 11.1 Å². The summed E-state index contributed by atoms with van der Waals surface area (Å²) in [5.74, 6) is -0.426. The summed E-state index contributed by atoms with van der Waals surface area (Å²) >= 11 is 30.4. The van der Waals surface area contributed by atoms with Crippen LogP contribution in [0.3, 0.4) is 0 Å². The van der Waals surface area contributed by atoms with E-state index in [4.69, 9.17) is 63.7 Å². The Bertz CT molecular complexity index is 673. The van der Waals surface area contributed by atoms with Crippen LogP contribution in [0.2, 0.25) is 25.1 Å². The van der Waals surface area contributed by atoms with Crippen LogP contribution in [-0.2, 0) is 6.42 Å². The van der Waals surface area contributed by atoms with Gasteiger partial charge in [-0.2, -0.15) is 0 Å². The normalized spacial score (nSPS) is 11.0. The smallest absolute Gasteiger partial charge is 0.124 e. The summed E-state index contributed by atoms with van der Waals surface area (Å²) in [5.41, 5.74) is 7.03. The van der Waals surface area contributed by atoms with Crippen LogP contribution in [0.4, 0.5) is 4.39 Å². The van der Waals surface area contributed by atoms with Gasteiger partial charge in [-0.15, -0.1) is 0 Å². The van der Waals surface area contributed by atoms with Crippen molar-refractivity contribution in [2.75, 3.05) is 6.54 Å². The van der Waals surface area contributed by atoms with Gasteiger partial charge in [0.15, 0.2) is 0 Å². The molecule has 1 nitrogen and oxygen atoms in total. The Morgan fingerprint density at radius 3 is 1.86 bits per heavy atom. The maximum atomic E-state index is 13.8. The van der Waals surface area contributed by atoms with Gasteiger partial charge < -0.3 is 5.73 Å². The lowest BCUT2D eigenvalue weighted by molar-refractivity contribution is 0.626. The zero-order chi connectivity index (χ0) is 15.7. The molecule has 0 aromatic heterocycles. The zero-order valence-electron chi connectivity index (χ0n) is 10.5. The predicted octanol–water partition coefficient (Wildman–Crippen LogP) is 6.26. The van der Waals surface area contributed by atoms with Crippen molar-refractivity contribution >= 4 is 58.0 Å². The van der Waals surface area contributed by atoms with Crippen LogP contribution in [-0.4, -0.2) is 6.54 Å². The largest absolute Gasteiger partial charge is 0.330 e. The van der Waals surface area contributed by atoms with E-state index in [1.165, 1.54) is 12.1 Å². The van der Waals surface area contributed by atoms with Crippen molar-refractivity contribution in [3.63, 3.8) is 0 Å². The summed E-state index contributed by atoms with van der Waals surface area (Å²) in [6.07, 6.45) is 0.523. The zero-order valence-corrected chi connectivity index (χ0v) is 14.3. The molecule has 0 aliphatic rings. The predicted molar refractivity (Wildman–Crippen MR) is 89.6 cm³/mol. The minimum atomic E-state index is -0.426. The maximum Gasteiger partial charge on any atom is 0.124 e. The molecular formula is C14H9Cl5FN. The van der Waals surface area contributed by atoms with Crippen molar-refractivity contribution in [2.45, 2.75) is 6.42 Å². The molecule has 0 radical (unpaired) electrons. The maximum absolute atomic E-state index is 13.8. The second-order valence-electron chi connectivity index (χ2n) is 4.33. The van der Waals surface area contributed by atoms with E-state index in [2.05, 4.69) is 0 Å². The third-order valence-corrected chi connectivity index (χ3v) is 5.17. The summed E-state index contributed by atoms with van der Waals surface area (Å²) in [4.78, 5) is 0. The third-order valence-electron chi connectivity index (χ3n) is 2.89. The molecule has 2 aromatic rings. The molecule has 0 aliphatic carbocycles. The lowest BCUT2D eigenvalue weighted by atomic mass is 10.0. The van der Waals surface area contributed by atoms with E-state index in [1.807, 2.05) is 0 Å². The lowest BCUT2D eigenvalue weighted by Crippen LogP contribution is -2.03. The first kappa shape index (κ1) is 17.1. The van der Waals surface area contributed by atoms with Crippen molar-refractivity contribution in [1.82, 2.24) is 0 Å². The van der Waals surface area contributed by atoms with Gasteiger partial charge in [0.25, 0.3) is 0 Å². The Kier molecular flexibility index (Phi) is 5.64. The van der Waals surface area contributed by atoms with Gasteiger partial charge in [-0.05, 0) is 36.2 Å². The SMILES string of the molecule is NCCc1cc(F)cc(-c2c(Cl)c(Cl)c(Cl)c(Cl)c2Cl)c1. The summed E-state index contributed by atoms with van der Waals surface area (Å²) in [7, 11) is 0. The fraction of sp³-hybridized carbons (Fsp3) is 0.143. The van der Waals surface area contributed by atoms with Gasteiger partial charge in [-0.1, -0.05) is 64.1 Å². The van der Waals surface area contributed by atoms with Crippen LogP contribution in [0.1, 0.15) is 5.56 Å². The number of nitrogens with two attached hydrogens (primary N) is 1. The van der Waals surface area contributed by atoms with Gasteiger partial charge in [0.1, 0.15) is 5.82 Å². The fourth-order valence-electron chi connectivity index (χ4n) is 1.96. The molecule has 0 bridgehead atoms. The van der Waals surface area contributed by atoms with Crippen molar-refractivity contribution < 1.29 is 4.39 Å². The molecule has 2 N–H and O–H groups in total. The first-order valence-electron chi connectivity index (χ1n) is 5.88.